The van der Waals surface area contributed by atoms with Crippen LogP contribution in [0.3, 0.4) is 0 Å². The lowest BCUT2D eigenvalue weighted by Gasteiger charge is -2.20. The Morgan fingerprint density at radius 1 is 1.13 bits per heavy atom. The molecule has 0 unspecified atom stereocenters. The van der Waals surface area contributed by atoms with Crippen molar-refractivity contribution in [2.24, 2.45) is 0 Å². The number of nitrogens with zero attached hydrogens (tertiary/aromatic N) is 1. The van der Waals surface area contributed by atoms with Crippen LogP contribution in [0.25, 0.3) is 0 Å². The van der Waals surface area contributed by atoms with Crippen LogP contribution in [-0.2, 0) is 19.1 Å². The summed E-state index contributed by atoms with van der Waals surface area (Å²) in [5.74, 6) is -0.964. The topological polar surface area (TPSA) is 40.5 Å². The smallest absolute Gasteiger partial charge is 0.416 e. The predicted octanol–water partition coefficient (Wildman–Crippen LogP) is 3.97. The number of hydrogen-bond donors (Lipinski definition) is 1. The molecule has 0 aliphatic carbocycles. The van der Waals surface area contributed by atoms with E-state index in [9.17, 15) is 18.0 Å². The quantitative estimate of drug-likeness (QED) is 0.930. The third kappa shape index (κ3) is 3.16. The molecule has 0 spiro atoms. The average Bonchev–Trinajstić information content (AvgIpc) is 2.89. The van der Waals surface area contributed by atoms with Gasteiger partial charge in [0.2, 0.25) is 0 Å². The van der Waals surface area contributed by atoms with Crippen molar-refractivity contribution >= 4 is 11.7 Å². The van der Waals surface area contributed by atoms with Gasteiger partial charge in [-0.05, 0) is 47.9 Å². The molecule has 1 N–H and O–H groups in total. The number of benzene rings is 2. The van der Waals surface area contributed by atoms with Gasteiger partial charge in [0.25, 0.3) is 0 Å². The summed E-state index contributed by atoms with van der Waals surface area (Å²) >= 11 is 0. The maximum atomic E-state index is 12.6. The van der Waals surface area contributed by atoms with Crippen LogP contribution in [0.15, 0.2) is 42.5 Å². The van der Waals surface area contributed by atoms with Crippen molar-refractivity contribution < 1.29 is 23.1 Å². The first-order valence-electron chi connectivity index (χ1n) is 7.12. The lowest BCUT2D eigenvalue weighted by atomic mass is 10.1. The summed E-state index contributed by atoms with van der Waals surface area (Å²) in [5.41, 5.74) is 2.27. The molecule has 23 heavy (non-hydrogen) atoms. The zero-order valence-electron chi connectivity index (χ0n) is 12.1. The molecule has 0 amide bonds. The standard InChI is InChI=1S/C17H14F3NO2/c18-17(19,20)14-4-1-11(2-5-14)10-21-8-7-12-9-13(16(22)23)3-6-15(12)21/h1-6,9H,7-8,10H2,(H,22,23). The molecule has 0 atom stereocenters. The zero-order valence-corrected chi connectivity index (χ0v) is 12.1. The summed E-state index contributed by atoms with van der Waals surface area (Å²) in [6, 6.07) is 10.1. The second-order valence-electron chi connectivity index (χ2n) is 5.51. The Balaban J connectivity index is 1.77. The first-order valence-corrected chi connectivity index (χ1v) is 7.12. The van der Waals surface area contributed by atoms with E-state index < -0.39 is 17.7 Å². The van der Waals surface area contributed by atoms with E-state index in [4.69, 9.17) is 5.11 Å². The maximum absolute atomic E-state index is 12.6. The van der Waals surface area contributed by atoms with Crippen LogP contribution in [0.2, 0.25) is 0 Å². The minimum Gasteiger partial charge on any atom is -0.478 e. The third-order valence-corrected chi connectivity index (χ3v) is 3.97. The van der Waals surface area contributed by atoms with E-state index in [1.165, 1.54) is 12.1 Å². The van der Waals surface area contributed by atoms with E-state index in [0.29, 0.717) is 6.54 Å². The van der Waals surface area contributed by atoms with Crippen LogP contribution in [0, 0.1) is 0 Å². The summed E-state index contributed by atoms with van der Waals surface area (Å²) in [7, 11) is 0. The predicted molar refractivity (Wildman–Crippen MR) is 79.6 cm³/mol. The molecule has 1 aliphatic rings. The molecule has 1 aliphatic heterocycles. The fraction of sp³-hybridized carbons (Fsp3) is 0.235. The normalized spacial score (nSPS) is 14.0. The molecule has 0 fully saturated rings. The van der Waals surface area contributed by atoms with Crippen molar-refractivity contribution in [3.8, 4) is 0 Å². The molecule has 0 bridgehead atoms. The van der Waals surface area contributed by atoms with Crippen molar-refractivity contribution in [1.29, 1.82) is 0 Å². The Morgan fingerprint density at radius 2 is 1.83 bits per heavy atom. The average molecular weight is 321 g/mol. The largest absolute Gasteiger partial charge is 0.478 e. The number of hydrogen-bond acceptors (Lipinski definition) is 2. The van der Waals surface area contributed by atoms with E-state index in [1.54, 1.807) is 18.2 Å². The molecular formula is C17H14F3NO2. The van der Waals surface area contributed by atoms with Crippen molar-refractivity contribution in [2.45, 2.75) is 19.1 Å². The van der Waals surface area contributed by atoms with Crippen LogP contribution < -0.4 is 4.90 Å². The van der Waals surface area contributed by atoms with Gasteiger partial charge in [-0.2, -0.15) is 13.2 Å². The number of anilines is 1. The third-order valence-electron chi connectivity index (χ3n) is 3.97. The van der Waals surface area contributed by atoms with Crippen molar-refractivity contribution in [2.75, 3.05) is 11.4 Å². The molecule has 3 rings (SSSR count). The highest BCUT2D eigenvalue weighted by Crippen LogP contribution is 2.32. The Bertz CT molecular complexity index is 738. The molecule has 0 saturated heterocycles. The first-order chi connectivity index (χ1) is 10.8. The lowest BCUT2D eigenvalue weighted by Crippen LogP contribution is -2.19. The van der Waals surface area contributed by atoms with Crippen LogP contribution in [-0.4, -0.2) is 17.6 Å². The van der Waals surface area contributed by atoms with E-state index in [1.807, 2.05) is 4.90 Å². The summed E-state index contributed by atoms with van der Waals surface area (Å²) in [4.78, 5) is 13.0. The maximum Gasteiger partial charge on any atom is 0.416 e. The van der Waals surface area contributed by atoms with Crippen LogP contribution in [0.4, 0.5) is 18.9 Å². The summed E-state index contributed by atoms with van der Waals surface area (Å²) in [5, 5.41) is 9.00. The Morgan fingerprint density at radius 3 is 2.43 bits per heavy atom. The molecule has 2 aromatic carbocycles. The number of halogens is 3. The molecule has 120 valence electrons. The Hall–Kier alpha value is -2.50. The van der Waals surface area contributed by atoms with Gasteiger partial charge in [-0.15, -0.1) is 0 Å². The molecular weight excluding hydrogens is 307 g/mol. The molecule has 0 radical (unpaired) electrons. The van der Waals surface area contributed by atoms with Gasteiger partial charge in [-0.1, -0.05) is 12.1 Å². The summed E-state index contributed by atoms with van der Waals surface area (Å²) in [6.07, 6.45) is -3.59. The number of carbonyl (C=O) groups is 1. The van der Waals surface area contributed by atoms with Crippen LogP contribution in [0.5, 0.6) is 0 Å². The van der Waals surface area contributed by atoms with Gasteiger partial charge in [0.05, 0.1) is 11.1 Å². The molecule has 0 saturated carbocycles. The van der Waals surface area contributed by atoms with E-state index in [2.05, 4.69) is 0 Å². The highest BCUT2D eigenvalue weighted by atomic mass is 19.4. The van der Waals surface area contributed by atoms with E-state index in [0.717, 1.165) is 41.9 Å². The first kappa shape index (κ1) is 15.4. The highest BCUT2D eigenvalue weighted by Gasteiger charge is 2.30. The van der Waals surface area contributed by atoms with Gasteiger partial charge in [-0.25, -0.2) is 4.79 Å². The molecule has 6 heteroatoms. The number of rotatable bonds is 3. The van der Waals surface area contributed by atoms with E-state index >= 15 is 0 Å². The molecule has 2 aromatic rings. The second-order valence-corrected chi connectivity index (χ2v) is 5.51. The van der Waals surface area contributed by atoms with Crippen molar-refractivity contribution in [3.05, 3.63) is 64.7 Å². The Labute approximate surface area is 131 Å². The number of carboxylic acids is 1. The zero-order chi connectivity index (χ0) is 16.6. The second kappa shape index (κ2) is 5.61. The van der Waals surface area contributed by atoms with Crippen molar-refractivity contribution in [3.63, 3.8) is 0 Å². The number of aromatic carboxylic acids is 1. The van der Waals surface area contributed by atoms with Gasteiger partial charge in [0.15, 0.2) is 0 Å². The SMILES string of the molecule is O=C(O)c1ccc2c(c1)CCN2Cc1ccc(C(F)(F)F)cc1. The minimum atomic E-state index is -4.33. The fourth-order valence-electron chi connectivity index (χ4n) is 2.79. The number of fused-ring (bicyclic) bond motifs is 1. The number of carboxylic acid groups (broad SMARTS) is 1. The fourth-order valence-corrected chi connectivity index (χ4v) is 2.79. The monoisotopic (exact) mass is 321 g/mol. The summed E-state index contributed by atoms with van der Waals surface area (Å²) in [6.45, 7) is 1.22. The summed E-state index contributed by atoms with van der Waals surface area (Å²) < 4.78 is 37.7. The van der Waals surface area contributed by atoms with Crippen LogP contribution >= 0.6 is 0 Å². The van der Waals surface area contributed by atoms with Gasteiger partial charge >= 0.3 is 12.1 Å². The molecule has 1 heterocycles. The van der Waals surface area contributed by atoms with E-state index in [-0.39, 0.29) is 5.56 Å². The van der Waals surface area contributed by atoms with Gasteiger partial charge < -0.3 is 10.0 Å². The minimum absolute atomic E-state index is 0.250. The van der Waals surface area contributed by atoms with Gasteiger partial charge in [0, 0.05) is 18.8 Å². The van der Waals surface area contributed by atoms with Gasteiger partial charge in [-0.3, -0.25) is 0 Å². The number of alkyl halides is 3. The Kier molecular flexibility index (Phi) is 3.75. The lowest BCUT2D eigenvalue weighted by molar-refractivity contribution is -0.137. The van der Waals surface area contributed by atoms with Crippen molar-refractivity contribution in [1.82, 2.24) is 0 Å². The molecule has 3 nitrogen and oxygen atoms in total. The molecule has 0 aromatic heterocycles. The van der Waals surface area contributed by atoms with Crippen LogP contribution in [0.1, 0.15) is 27.0 Å². The van der Waals surface area contributed by atoms with Gasteiger partial charge in [0.1, 0.15) is 0 Å². The highest BCUT2D eigenvalue weighted by molar-refractivity contribution is 5.88.